The summed E-state index contributed by atoms with van der Waals surface area (Å²) >= 11 is 6.13. The van der Waals surface area contributed by atoms with Gasteiger partial charge in [-0.05, 0) is 55.8 Å². The summed E-state index contributed by atoms with van der Waals surface area (Å²) in [6.07, 6.45) is 4.44. The lowest BCUT2D eigenvalue weighted by Crippen LogP contribution is -2.16. The predicted octanol–water partition coefficient (Wildman–Crippen LogP) is 2.52. The van der Waals surface area contributed by atoms with Crippen molar-refractivity contribution in [3.05, 3.63) is 29.0 Å². The Bertz CT molecular complexity index is 756. The Morgan fingerprint density at radius 2 is 2.04 bits per heavy atom. The lowest BCUT2D eigenvalue weighted by atomic mass is 10.1. The third-order valence-electron chi connectivity index (χ3n) is 5.54. The maximum absolute atomic E-state index is 6.13. The van der Waals surface area contributed by atoms with Crippen LogP contribution in [-0.2, 0) is 6.54 Å². The number of nitrogen functional groups attached to an aromatic ring is 1. The molecule has 3 N–H and O–H groups in total. The Labute approximate surface area is 140 Å². The van der Waals surface area contributed by atoms with E-state index in [0.29, 0.717) is 16.8 Å². The van der Waals surface area contributed by atoms with E-state index in [4.69, 9.17) is 22.4 Å². The first-order valence-electron chi connectivity index (χ1n) is 8.40. The van der Waals surface area contributed by atoms with E-state index in [2.05, 4.69) is 21.0 Å². The molecule has 2 aliphatic carbocycles. The molecule has 2 aromatic heterocycles. The minimum atomic E-state index is 0.371. The number of halogens is 1. The van der Waals surface area contributed by atoms with E-state index in [9.17, 15) is 0 Å². The summed E-state index contributed by atoms with van der Waals surface area (Å²) in [6.45, 7) is 3.35. The van der Waals surface area contributed by atoms with Crippen molar-refractivity contribution in [3.63, 3.8) is 0 Å². The summed E-state index contributed by atoms with van der Waals surface area (Å²) < 4.78 is 2.25. The Balaban J connectivity index is 1.51. The second kappa shape index (κ2) is 4.95. The van der Waals surface area contributed by atoms with E-state index >= 15 is 0 Å². The number of nitrogens with one attached hydrogen (secondary N) is 1. The molecule has 5 rings (SSSR count). The normalized spacial score (nSPS) is 28.8. The van der Waals surface area contributed by atoms with Crippen molar-refractivity contribution in [2.24, 2.45) is 17.8 Å². The fourth-order valence-corrected chi connectivity index (χ4v) is 4.14. The van der Waals surface area contributed by atoms with Crippen LogP contribution in [0.15, 0.2) is 18.3 Å². The highest BCUT2D eigenvalue weighted by Crippen LogP contribution is 2.56. The smallest absolute Gasteiger partial charge is 0.142 e. The van der Waals surface area contributed by atoms with Crippen molar-refractivity contribution >= 4 is 17.4 Å². The number of hydrogen-bond acceptors (Lipinski definition) is 4. The average Bonchev–Trinajstić information content (AvgIpc) is 3.38. The number of rotatable bonds is 4. The highest BCUT2D eigenvalue weighted by atomic mass is 35.5. The molecule has 120 valence electrons. The van der Waals surface area contributed by atoms with E-state index < -0.39 is 0 Å². The summed E-state index contributed by atoms with van der Waals surface area (Å²) in [5.74, 6) is 3.45. The van der Waals surface area contributed by atoms with Gasteiger partial charge in [-0.2, -0.15) is 5.10 Å². The van der Waals surface area contributed by atoms with E-state index in [1.54, 1.807) is 6.20 Å². The van der Waals surface area contributed by atoms with E-state index in [0.717, 1.165) is 48.6 Å². The van der Waals surface area contributed by atoms with Gasteiger partial charge in [0.25, 0.3) is 0 Å². The van der Waals surface area contributed by atoms with Gasteiger partial charge in [0, 0.05) is 29.9 Å². The molecule has 2 aromatic rings. The molecule has 3 atom stereocenters. The van der Waals surface area contributed by atoms with Crippen molar-refractivity contribution in [3.8, 4) is 11.3 Å². The minimum Gasteiger partial charge on any atom is -0.382 e. The predicted molar refractivity (Wildman–Crippen MR) is 90.2 cm³/mol. The van der Waals surface area contributed by atoms with Crippen LogP contribution in [0.5, 0.6) is 0 Å². The zero-order valence-corrected chi connectivity index (χ0v) is 13.6. The third-order valence-corrected chi connectivity index (χ3v) is 5.84. The monoisotopic (exact) mass is 329 g/mol. The lowest BCUT2D eigenvalue weighted by Gasteiger charge is -2.08. The number of hydrogen-bond donors (Lipinski definition) is 2. The van der Waals surface area contributed by atoms with Gasteiger partial charge in [0.1, 0.15) is 5.82 Å². The van der Waals surface area contributed by atoms with Gasteiger partial charge >= 0.3 is 0 Å². The van der Waals surface area contributed by atoms with Gasteiger partial charge in [0.15, 0.2) is 0 Å². The highest BCUT2D eigenvalue weighted by Gasteiger charge is 2.55. The van der Waals surface area contributed by atoms with Crippen molar-refractivity contribution in [2.75, 3.05) is 18.8 Å². The third kappa shape index (κ3) is 2.34. The molecule has 5 nitrogen and oxygen atoms in total. The molecule has 6 heteroatoms. The molecule has 3 fully saturated rings. The first-order chi connectivity index (χ1) is 11.2. The molecule has 1 saturated heterocycles. The zero-order chi connectivity index (χ0) is 15.6. The number of fused-ring (bicyclic) bond motifs is 1. The minimum absolute atomic E-state index is 0.371. The van der Waals surface area contributed by atoms with Crippen molar-refractivity contribution < 1.29 is 0 Å². The van der Waals surface area contributed by atoms with Crippen LogP contribution >= 0.6 is 11.6 Å². The maximum Gasteiger partial charge on any atom is 0.142 e. The second-order valence-corrected chi connectivity index (χ2v) is 7.59. The lowest BCUT2D eigenvalue weighted by molar-refractivity contribution is 0.526. The Kier molecular flexibility index (Phi) is 2.97. The van der Waals surface area contributed by atoms with Crippen molar-refractivity contribution in [1.82, 2.24) is 20.1 Å². The fourth-order valence-electron chi connectivity index (χ4n) is 3.98. The molecule has 1 aliphatic heterocycles. The summed E-state index contributed by atoms with van der Waals surface area (Å²) in [4.78, 5) is 4.17. The van der Waals surface area contributed by atoms with Gasteiger partial charge < -0.3 is 11.1 Å². The first-order valence-corrected chi connectivity index (χ1v) is 8.78. The molecule has 0 spiro atoms. The van der Waals surface area contributed by atoms with Crippen LogP contribution in [0.4, 0.5) is 5.82 Å². The van der Waals surface area contributed by atoms with Crippen LogP contribution in [0, 0.1) is 17.8 Å². The zero-order valence-electron chi connectivity index (χ0n) is 12.9. The summed E-state index contributed by atoms with van der Waals surface area (Å²) in [6, 6.07) is 4.11. The largest absolute Gasteiger partial charge is 0.382 e. The average molecular weight is 330 g/mol. The molecular formula is C17H20ClN5. The van der Waals surface area contributed by atoms with Crippen LogP contribution in [0.25, 0.3) is 11.3 Å². The summed E-state index contributed by atoms with van der Waals surface area (Å²) in [5, 5.41) is 8.85. The Morgan fingerprint density at radius 3 is 2.74 bits per heavy atom. The molecular weight excluding hydrogens is 310 g/mol. The molecule has 3 aliphatic rings. The van der Waals surface area contributed by atoms with Crippen LogP contribution in [0.3, 0.4) is 0 Å². The molecule has 2 saturated carbocycles. The first kappa shape index (κ1) is 13.8. The fraction of sp³-hybridized carbons (Fsp3) is 0.529. The summed E-state index contributed by atoms with van der Waals surface area (Å²) in [5.41, 5.74) is 9.03. The second-order valence-electron chi connectivity index (χ2n) is 7.18. The maximum atomic E-state index is 6.13. The number of pyridine rings is 1. The van der Waals surface area contributed by atoms with Gasteiger partial charge in [-0.3, -0.25) is 4.68 Å². The number of nitrogens with two attached hydrogens (primary N) is 1. The van der Waals surface area contributed by atoms with E-state index in [-0.39, 0.29) is 0 Å². The molecule has 23 heavy (non-hydrogen) atoms. The molecule has 0 radical (unpaired) electrons. The highest BCUT2D eigenvalue weighted by molar-refractivity contribution is 6.33. The number of anilines is 1. The topological polar surface area (TPSA) is 68.8 Å². The van der Waals surface area contributed by atoms with Crippen molar-refractivity contribution in [1.29, 1.82) is 0 Å². The molecule has 0 aromatic carbocycles. The quantitative estimate of drug-likeness (QED) is 0.904. The van der Waals surface area contributed by atoms with Gasteiger partial charge in [0.05, 0.1) is 10.7 Å². The van der Waals surface area contributed by atoms with E-state index in [1.165, 1.54) is 18.5 Å². The van der Waals surface area contributed by atoms with Crippen LogP contribution in [0.1, 0.15) is 24.5 Å². The number of nitrogens with zero attached hydrogens (tertiary/aromatic N) is 3. The van der Waals surface area contributed by atoms with Crippen molar-refractivity contribution in [2.45, 2.75) is 25.3 Å². The molecule has 0 amide bonds. The Morgan fingerprint density at radius 1 is 1.26 bits per heavy atom. The molecule has 0 unspecified atom stereocenters. The van der Waals surface area contributed by atoms with Gasteiger partial charge in [-0.1, -0.05) is 11.6 Å². The SMILES string of the molecule is Nc1ncc(-c2cc([C@H]3[C@@H]4CNC[C@@H]43)n(CC3CC3)n2)cc1Cl. The number of aromatic nitrogens is 3. The molecule has 0 bridgehead atoms. The van der Waals surface area contributed by atoms with Crippen LogP contribution in [0.2, 0.25) is 5.02 Å². The van der Waals surface area contributed by atoms with Crippen LogP contribution in [-0.4, -0.2) is 27.9 Å². The molecule has 3 heterocycles. The number of piperidine rings is 1. The standard InChI is InChI=1S/C17H20ClN5/c18-13-3-10(5-21-17(13)19)14-4-15(16-11-6-20-7-12(11)16)23(22-14)8-9-1-2-9/h3-5,9,11-12,16,20H,1-2,6-8H2,(H2,19,21)/t11-,12+,16+. The van der Waals surface area contributed by atoms with Gasteiger partial charge in [-0.25, -0.2) is 4.98 Å². The Hall–Kier alpha value is -1.59. The van der Waals surface area contributed by atoms with E-state index in [1.807, 2.05) is 6.07 Å². The summed E-state index contributed by atoms with van der Waals surface area (Å²) in [7, 11) is 0. The van der Waals surface area contributed by atoms with Crippen LogP contribution < -0.4 is 11.1 Å². The van der Waals surface area contributed by atoms with Gasteiger partial charge in [-0.15, -0.1) is 0 Å². The van der Waals surface area contributed by atoms with Gasteiger partial charge in [0.2, 0.25) is 0 Å².